The molecule has 0 heterocycles. The Morgan fingerprint density at radius 3 is 0.375 bits per heavy atom. The maximum atomic E-state index is 2.12. The monoisotopic (exact) mass is 230 g/mol. The molecule has 0 amide bonds. The first-order valence-corrected chi connectivity index (χ1v) is 6.83. The summed E-state index contributed by atoms with van der Waals surface area (Å²) < 4.78 is 0. The normalized spacial score (nSPS) is 3.75. The van der Waals surface area contributed by atoms with Crippen molar-refractivity contribution in [1.29, 1.82) is 0 Å². The van der Waals surface area contributed by atoms with Crippen molar-refractivity contribution in [3.63, 3.8) is 0 Å². The first-order valence-electron chi connectivity index (χ1n) is 6.83. The molecular weight excluding hydrogens is 190 g/mol. The van der Waals surface area contributed by atoms with Gasteiger partial charge in [0.2, 0.25) is 0 Å². The van der Waals surface area contributed by atoms with Crippen molar-refractivity contribution in [1.82, 2.24) is 0 Å². The van der Waals surface area contributed by atoms with Crippen LogP contribution in [-0.4, -0.2) is 16.8 Å². The van der Waals surface area contributed by atoms with Crippen molar-refractivity contribution in [2.24, 2.45) is 0 Å². The Kier molecular flexibility index (Phi) is 2320. The van der Waals surface area contributed by atoms with Crippen LogP contribution in [0.3, 0.4) is 0 Å². The Bertz CT molecular complexity index is 10.7. The third kappa shape index (κ3) is 144000. The average Bonchev–Trinajstić information content (AvgIpc) is 2.31. The van der Waals surface area contributed by atoms with Crippen LogP contribution in [0.2, 0.25) is 0 Å². The Balaban J connectivity index is -0.00000000791. The lowest BCUT2D eigenvalue weighted by atomic mass is 10.6. The van der Waals surface area contributed by atoms with E-state index in [1.165, 1.54) is 12.8 Å². The molecule has 0 aliphatic rings. The summed E-state index contributed by atoms with van der Waals surface area (Å²) in [5.74, 6) is 0. The molecule has 6 radical (unpaired) electrons. The summed E-state index contributed by atoms with van der Waals surface area (Å²) in [5, 5.41) is 0. The molecule has 0 aliphatic carbocycles. The molecule has 0 spiro atoms. The Morgan fingerprint density at radius 2 is 0.375 bits per heavy atom. The van der Waals surface area contributed by atoms with Crippen molar-refractivity contribution in [3.8, 4) is 0 Å². The van der Waals surface area contributed by atoms with Crippen LogP contribution in [0.1, 0.15) is 95.9 Å². The second-order valence-electron chi connectivity index (χ2n) is 1.41. The van der Waals surface area contributed by atoms with E-state index < -0.39 is 0 Å². The predicted octanol–water partition coefficient (Wildman–Crippen LogP) is 6.18. The van der Waals surface area contributed by atoms with Crippen LogP contribution in [0.4, 0.5) is 0 Å². The molecular formula is C14H40B2. The molecule has 0 fully saturated rings. The molecule has 0 nitrogen and oxygen atoms in total. The van der Waals surface area contributed by atoms with Gasteiger partial charge in [-0.1, -0.05) is 95.9 Å². The predicted molar refractivity (Wildman–Crippen MR) is 88.8 cm³/mol. The van der Waals surface area contributed by atoms with Crippen molar-refractivity contribution in [2.75, 3.05) is 0 Å². The van der Waals surface area contributed by atoms with E-state index in [1.807, 2.05) is 55.4 Å². The second kappa shape index (κ2) is 666. The number of hydrogen-bond acceptors (Lipinski definition) is 0. The maximum Gasteiger partial charge on any atom is 0 e. The highest BCUT2D eigenvalue weighted by Crippen LogP contribution is 1.56. The van der Waals surface area contributed by atoms with Gasteiger partial charge in [-0.3, -0.25) is 0 Å². The lowest BCUT2D eigenvalue weighted by Gasteiger charge is -1.48. The minimum absolute atomic E-state index is 0. The molecule has 102 valence electrons. The summed E-state index contributed by atoms with van der Waals surface area (Å²) >= 11 is 0. The van der Waals surface area contributed by atoms with Crippen LogP contribution >= 0.6 is 0 Å². The van der Waals surface area contributed by atoms with Crippen LogP contribution in [-0.2, 0) is 0 Å². The Labute approximate surface area is 113 Å². The molecule has 2 heteroatoms. The molecule has 0 rings (SSSR count). The zero-order chi connectivity index (χ0) is 13.4. The zero-order valence-corrected chi connectivity index (χ0v) is 14.6. The largest absolute Gasteiger partial charge is 0.0683 e. The molecule has 0 aliphatic heterocycles. The van der Waals surface area contributed by atoms with Gasteiger partial charge in [-0.25, -0.2) is 0 Å². The fourth-order valence-corrected chi connectivity index (χ4v) is 0. The van der Waals surface area contributed by atoms with E-state index >= 15 is 0 Å². The SMILES string of the molecule is CC.CC.CC.CC.CCC.CCC.[B].[B]. The van der Waals surface area contributed by atoms with Gasteiger partial charge in [-0.2, -0.15) is 0 Å². The lowest BCUT2D eigenvalue weighted by Crippen LogP contribution is -1.27. The van der Waals surface area contributed by atoms with Gasteiger partial charge in [0, 0.05) is 16.8 Å². The van der Waals surface area contributed by atoms with Gasteiger partial charge in [0.25, 0.3) is 0 Å². The van der Waals surface area contributed by atoms with Crippen molar-refractivity contribution < 1.29 is 0 Å². The van der Waals surface area contributed by atoms with E-state index in [9.17, 15) is 0 Å². The Hall–Kier alpha value is 0.130. The van der Waals surface area contributed by atoms with E-state index in [-0.39, 0.29) is 16.8 Å². The van der Waals surface area contributed by atoms with Crippen LogP contribution < -0.4 is 0 Å². The van der Waals surface area contributed by atoms with Crippen LogP contribution in [0.25, 0.3) is 0 Å². The van der Waals surface area contributed by atoms with Gasteiger partial charge in [0.05, 0.1) is 0 Å². The molecule has 0 aromatic rings. The third-order valence-corrected chi connectivity index (χ3v) is 0. The average molecular weight is 230 g/mol. The minimum atomic E-state index is 0. The van der Waals surface area contributed by atoms with Crippen LogP contribution in [0.15, 0.2) is 0 Å². The topological polar surface area (TPSA) is 0 Å². The molecule has 0 aromatic carbocycles. The van der Waals surface area contributed by atoms with E-state index in [1.54, 1.807) is 0 Å². The number of rotatable bonds is 0. The molecule has 16 heavy (non-hydrogen) atoms. The molecule has 0 saturated carbocycles. The van der Waals surface area contributed by atoms with E-state index in [2.05, 4.69) is 27.7 Å². The highest BCUT2D eigenvalue weighted by molar-refractivity contribution is 5.76. The van der Waals surface area contributed by atoms with Gasteiger partial charge in [-0.15, -0.1) is 0 Å². The fraction of sp³-hybridized carbons (Fsp3) is 1.00. The first kappa shape index (κ1) is 55.9. The summed E-state index contributed by atoms with van der Waals surface area (Å²) in [6.07, 6.45) is 2.50. The number of hydrogen-bond donors (Lipinski definition) is 0. The Morgan fingerprint density at radius 1 is 0.375 bits per heavy atom. The highest BCUT2D eigenvalue weighted by Gasteiger charge is 1.36. The molecule has 0 unspecified atom stereocenters. The maximum absolute atomic E-state index is 2.12. The third-order valence-electron chi connectivity index (χ3n) is 0. The van der Waals surface area contributed by atoms with Crippen molar-refractivity contribution >= 4 is 16.8 Å². The van der Waals surface area contributed by atoms with Gasteiger partial charge in [-0.05, 0) is 0 Å². The van der Waals surface area contributed by atoms with E-state index in [0.29, 0.717) is 0 Å². The summed E-state index contributed by atoms with van der Waals surface area (Å²) in [6, 6.07) is 0. The zero-order valence-electron chi connectivity index (χ0n) is 14.6. The molecule has 0 atom stereocenters. The quantitative estimate of drug-likeness (QED) is 0.436. The first-order chi connectivity index (χ1) is 6.83. The highest BCUT2D eigenvalue weighted by atomic mass is 13.4. The summed E-state index contributed by atoms with van der Waals surface area (Å²) in [7, 11) is 0. The smallest absolute Gasteiger partial charge is 0 e. The summed E-state index contributed by atoms with van der Waals surface area (Å²) in [4.78, 5) is 0. The molecule has 0 aromatic heterocycles. The minimum Gasteiger partial charge on any atom is -0.0683 e. The van der Waals surface area contributed by atoms with Crippen LogP contribution in [0.5, 0.6) is 0 Å². The summed E-state index contributed by atoms with van der Waals surface area (Å²) in [6.45, 7) is 24.5. The second-order valence-corrected chi connectivity index (χ2v) is 1.41. The van der Waals surface area contributed by atoms with Gasteiger partial charge >= 0.3 is 0 Å². The molecule has 0 saturated heterocycles. The van der Waals surface area contributed by atoms with E-state index in [0.717, 1.165) is 0 Å². The van der Waals surface area contributed by atoms with Crippen LogP contribution in [0, 0.1) is 0 Å². The van der Waals surface area contributed by atoms with Crippen molar-refractivity contribution in [2.45, 2.75) is 95.9 Å². The van der Waals surface area contributed by atoms with E-state index in [4.69, 9.17) is 0 Å². The standard InChI is InChI=1S/2C3H8.4C2H6.2B/c2*1-3-2;4*1-2;;/h2*3H2,1-2H3;4*1-2H3;;. The lowest BCUT2D eigenvalue weighted by molar-refractivity contribution is 1.09. The summed E-state index contributed by atoms with van der Waals surface area (Å²) in [5.41, 5.74) is 0. The van der Waals surface area contributed by atoms with Crippen molar-refractivity contribution in [3.05, 3.63) is 0 Å². The van der Waals surface area contributed by atoms with Gasteiger partial charge in [0.1, 0.15) is 0 Å². The fourth-order valence-electron chi connectivity index (χ4n) is 0. The van der Waals surface area contributed by atoms with Gasteiger partial charge in [0.15, 0.2) is 0 Å². The molecule has 0 N–H and O–H groups in total. The van der Waals surface area contributed by atoms with Gasteiger partial charge < -0.3 is 0 Å². The molecule has 0 bridgehead atoms.